The summed E-state index contributed by atoms with van der Waals surface area (Å²) in [6, 6.07) is 0. The van der Waals surface area contributed by atoms with Crippen molar-refractivity contribution in [3.05, 3.63) is 12.7 Å². The molecule has 1 aromatic rings. The maximum Gasteiger partial charge on any atom is 0.225 e. The van der Waals surface area contributed by atoms with Crippen molar-refractivity contribution in [1.82, 2.24) is 10.4 Å². The fourth-order valence-corrected chi connectivity index (χ4v) is 0.378. The van der Waals surface area contributed by atoms with E-state index in [4.69, 9.17) is 0 Å². The van der Waals surface area contributed by atoms with Crippen molar-refractivity contribution in [2.45, 2.75) is 0 Å². The van der Waals surface area contributed by atoms with Gasteiger partial charge in [0, 0.05) is 0 Å². The number of amides is 1. The number of anilines is 1. The number of rotatable bonds is 3. The predicted octanol–water partition coefficient (Wildman–Crippen LogP) is -0.253. The normalized spacial score (nSPS) is 8.44. The quantitative estimate of drug-likeness (QED) is 0.434. The molecule has 0 saturated carbocycles. The lowest BCUT2D eigenvalue weighted by Crippen LogP contribution is -2.18. The first-order valence-electron chi connectivity index (χ1n) is 2.27. The first-order valence-corrected chi connectivity index (χ1v) is 2.27. The van der Waals surface area contributed by atoms with Gasteiger partial charge in [0.25, 0.3) is 0 Å². The highest BCUT2D eigenvalue weighted by Crippen LogP contribution is 1.96. The lowest BCUT2D eigenvalue weighted by atomic mass is 10.8. The molecule has 1 amide bonds. The van der Waals surface area contributed by atoms with Crippen LogP contribution in [0.15, 0.2) is 17.1 Å². The first kappa shape index (κ1) is 5.61. The van der Waals surface area contributed by atoms with E-state index in [9.17, 15) is 4.79 Å². The molecule has 5 nitrogen and oxygen atoms in total. The number of hydrazine groups is 1. The third kappa shape index (κ3) is 1.45. The van der Waals surface area contributed by atoms with Gasteiger partial charge in [-0.25, -0.2) is 0 Å². The molecule has 0 aliphatic rings. The molecule has 0 aliphatic carbocycles. The monoisotopic (exact) mass is 127 g/mol. The van der Waals surface area contributed by atoms with Crippen molar-refractivity contribution < 1.29 is 9.21 Å². The molecule has 0 aliphatic heterocycles. The van der Waals surface area contributed by atoms with Crippen LogP contribution in [0.2, 0.25) is 0 Å². The van der Waals surface area contributed by atoms with Gasteiger partial charge in [-0.15, -0.1) is 0 Å². The van der Waals surface area contributed by atoms with Crippen molar-refractivity contribution in [3.63, 3.8) is 0 Å². The van der Waals surface area contributed by atoms with E-state index in [-0.39, 0.29) is 0 Å². The van der Waals surface area contributed by atoms with E-state index in [1.165, 1.54) is 12.7 Å². The molecule has 0 atom stereocenters. The minimum Gasteiger partial charge on any atom is -0.449 e. The average molecular weight is 127 g/mol. The van der Waals surface area contributed by atoms with Crippen LogP contribution in [0, 0.1) is 0 Å². The maximum absolute atomic E-state index is 9.67. The second kappa shape index (κ2) is 2.71. The van der Waals surface area contributed by atoms with Gasteiger partial charge >= 0.3 is 0 Å². The number of carbonyl (C=O) groups excluding carboxylic acids is 1. The fourth-order valence-electron chi connectivity index (χ4n) is 0.378. The molecule has 0 radical (unpaired) electrons. The number of nitrogens with zero attached hydrogens (tertiary/aromatic N) is 1. The summed E-state index contributed by atoms with van der Waals surface area (Å²) in [5, 5.41) is 0. The van der Waals surface area contributed by atoms with E-state index in [2.05, 4.69) is 20.3 Å². The third-order valence-corrected chi connectivity index (χ3v) is 0.691. The minimum atomic E-state index is 0.474. The first-order chi connectivity index (χ1) is 4.43. The Labute approximate surface area is 51.0 Å². The summed E-state index contributed by atoms with van der Waals surface area (Å²) in [6.45, 7) is 0. The van der Waals surface area contributed by atoms with Crippen LogP contribution < -0.4 is 10.9 Å². The Balaban J connectivity index is 2.38. The summed E-state index contributed by atoms with van der Waals surface area (Å²) in [7, 11) is 0. The van der Waals surface area contributed by atoms with E-state index >= 15 is 0 Å². The summed E-state index contributed by atoms with van der Waals surface area (Å²) < 4.78 is 4.58. The number of aromatic nitrogens is 1. The molecule has 0 spiro atoms. The van der Waals surface area contributed by atoms with Crippen LogP contribution in [-0.2, 0) is 4.79 Å². The molecule has 48 valence electrons. The van der Waals surface area contributed by atoms with E-state index in [1.54, 1.807) is 0 Å². The van der Waals surface area contributed by atoms with Crippen molar-refractivity contribution in [3.8, 4) is 0 Å². The van der Waals surface area contributed by atoms with Gasteiger partial charge in [0.05, 0.1) is 0 Å². The van der Waals surface area contributed by atoms with E-state index in [0.717, 1.165) is 0 Å². The molecule has 0 bridgehead atoms. The fraction of sp³-hybridized carbons (Fsp3) is 0. The zero-order chi connectivity index (χ0) is 6.53. The van der Waals surface area contributed by atoms with Crippen molar-refractivity contribution >= 4 is 12.2 Å². The van der Waals surface area contributed by atoms with E-state index < -0.39 is 0 Å². The number of nitrogens with one attached hydrogen (secondary N) is 2. The highest BCUT2D eigenvalue weighted by molar-refractivity contribution is 5.49. The zero-order valence-electron chi connectivity index (χ0n) is 4.50. The third-order valence-electron chi connectivity index (χ3n) is 0.691. The van der Waals surface area contributed by atoms with Crippen molar-refractivity contribution in [2.75, 3.05) is 5.43 Å². The molecular weight excluding hydrogens is 122 g/mol. The van der Waals surface area contributed by atoms with E-state index in [1.807, 2.05) is 0 Å². The minimum absolute atomic E-state index is 0.474. The average Bonchev–Trinajstić information content (AvgIpc) is 2.34. The lowest BCUT2D eigenvalue weighted by Gasteiger charge is -1.93. The van der Waals surface area contributed by atoms with Crippen LogP contribution in [0.3, 0.4) is 0 Å². The number of oxazole rings is 1. The Morgan fingerprint density at radius 3 is 3.22 bits per heavy atom. The standard InChI is InChI=1S/C4H5N3O2/c8-2-6-7-4-1-9-3-5-4/h1-3,7H,(H,6,8). The largest absolute Gasteiger partial charge is 0.449 e. The molecule has 5 heteroatoms. The molecular formula is C4H5N3O2. The summed E-state index contributed by atoms with van der Waals surface area (Å²) in [5.74, 6) is 0.474. The molecule has 0 saturated heterocycles. The molecule has 1 heterocycles. The molecule has 0 unspecified atom stereocenters. The molecule has 0 fully saturated rings. The maximum atomic E-state index is 9.67. The van der Waals surface area contributed by atoms with Gasteiger partial charge in [-0.2, -0.15) is 4.98 Å². The van der Waals surface area contributed by atoms with Gasteiger partial charge in [0.1, 0.15) is 6.26 Å². The molecule has 1 aromatic heterocycles. The Hall–Kier alpha value is -1.52. The van der Waals surface area contributed by atoms with Crippen LogP contribution >= 0.6 is 0 Å². The smallest absolute Gasteiger partial charge is 0.225 e. The predicted molar refractivity (Wildman–Crippen MR) is 29.3 cm³/mol. The molecule has 2 N–H and O–H groups in total. The zero-order valence-corrected chi connectivity index (χ0v) is 4.50. The van der Waals surface area contributed by atoms with Gasteiger partial charge in [-0.05, 0) is 0 Å². The van der Waals surface area contributed by atoms with Gasteiger partial charge in [0.15, 0.2) is 12.2 Å². The Morgan fingerprint density at radius 2 is 2.67 bits per heavy atom. The van der Waals surface area contributed by atoms with Crippen molar-refractivity contribution in [1.29, 1.82) is 0 Å². The van der Waals surface area contributed by atoms with Crippen LogP contribution in [-0.4, -0.2) is 11.4 Å². The van der Waals surface area contributed by atoms with Crippen LogP contribution in [0.5, 0.6) is 0 Å². The summed E-state index contributed by atoms with van der Waals surface area (Å²) >= 11 is 0. The second-order valence-corrected chi connectivity index (χ2v) is 1.26. The number of hydrogen-bond donors (Lipinski definition) is 2. The van der Waals surface area contributed by atoms with Crippen molar-refractivity contribution in [2.24, 2.45) is 0 Å². The van der Waals surface area contributed by atoms with E-state index in [0.29, 0.717) is 12.2 Å². The summed E-state index contributed by atoms with van der Waals surface area (Å²) in [4.78, 5) is 13.3. The van der Waals surface area contributed by atoms with Crippen LogP contribution in [0.25, 0.3) is 0 Å². The Bertz CT molecular complexity index is 172. The highest BCUT2D eigenvalue weighted by atomic mass is 16.3. The molecule has 9 heavy (non-hydrogen) atoms. The summed E-state index contributed by atoms with van der Waals surface area (Å²) in [6.07, 6.45) is 3.14. The van der Waals surface area contributed by atoms with Crippen LogP contribution in [0.1, 0.15) is 0 Å². The SMILES string of the molecule is O=CNNc1cocn1. The lowest BCUT2D eigenvalue weighted by molar-refractivity contribution is -0.109. The number of carbonyl (C=O) groups is 1. The summed E-state index contributed by atoms with van der Waals surface area (Å²) in [5.41, 5.74) is 4.65. The Kier molecular flexibility index (Phi) is 1.69. The topological polar surface area (TPSA) is 67.2 Å². The Morgan fingerprint density at radius 1 is 1.78 bits per heavy atom. The highest BCUT2D eigenvalue weighted by Gasteiger charge is 1.88. The van der Waals surface area contributed by atoms with Crippen LogP contribution in [0.4, 0.5) is 5.82 Å². The molecule has 1 rings (SSSR count). The van der Waals surface area contributed by atoms with Gasteiger partial charge in [0.2, 0.25) is 6.41 Å². The second-order valence-electron chi connectivity index (χ2n) is 1.26. The van der Waals surface area contributed by atoms with Gasteiger partial charge in [-0.1, -0.05) is 0 Å². The molecule has 0 aromatic carbocycles. The van der Waals surface area contributed by atoms with Gasteiger partial charge in [-0.3, -0.25) is 15.6 Å². The van der Waals surface area contributed by atoms with Gasteiger partial charge < -0.3 is 4.42 Å². The number of hydrogen-bond acceptors (Lipinski definition) is 4.